The molecule has 0 heterocycles. The van der Waals surface area contributed by atoms with E-state index in [0.717, 1.165) is 32.7 Å². The molecule has 1 unspecified atom stereocenters. The third kappa shape index (κ3) is 4.58. The average molecular weight is 433 g/mol. The maximum atomic E-state index is 14.1. The Morgan fingerprint density at radius 2 is 1.29 bits per heavy atom. The Kier molecular flexibility index (Phi) is 6.84. The zero-order valence-electron chi connectivity index (χ0n) is 18.0. The first-order chi connectivity index (χ1) is 15.2. The Labute approximate surface area is 183 Å². The molecular weight excluding hydrogens is 405 g/mol. The van der Waals surface area contributed by atoms with Gasteiger partial charge in [-0.3, -0.25) is 9.88 Å². The van der Waals surface area contributed by atoms with E-state index < -0.39 is 13.4 Å². The van der Waals surface area contributed by atoms with Gasteiger partial charge in [0, 0.05) is 6.54 Å². The van der Waals surface area contributed by atoms with Crippen LogP contribution in [0.1, 0.15) is 30.8 Å². The van der Waals surface area contributed by atoms with Gasteiger partial charge in [-0.2, -0.15) is 0 Å². The van der Waals surface area contributed by atoms with E-state index in [2.05, 4.69) is 47.8 Å². The van der Waals surface area contributed by atoms with Gasteiger partial charge >= 0.3 is 7.60 Å². The minimum atomic E-state index is -3.51. The zero-order chi connectivity index (χ0) is 21.7. The van der Waals surface area contributed by atoms with Gasteiger partial charge in [0.25, 0.3) is 0 Å². The second kappa shape index (κ2) is 9.76. The number of hydrogen-bond donors (Lipinski definition) is 1. The average Bonchev–Trinajstić information content (AvgIpc) is 2.79. The van der Waals surface area contributed by atoms with Crippen molar-refractivity contribution in [2.45, 2.75) is 26.2 Å². The number of hydrogen-bond acceptors (Lipinski definition) is 4. The monoisotopic (exact) mass is 433 g/mol. The molecule has 0 amide bonds. The SMILES string of the molecule is CCOP(=O)(OCC)C(NCc1ccccc1)c1c2ccccc2cc2ccccc12. The Bertz CT molecular complexity index is 1150. The third-order valence-electron chi connectivity index (χ3n) is 5.36. The van der Waals surface area contributed by atoms with Crippen molar-refractivity contribution in [2.75, 3.05) is 13.2 Å². The molecule has 0 aliphatic rings. The highest BCUT2D eigenvalue weighted by molar-refractivity contribution is 7.54. The molecule has 4 rings (SSSR count). The summed E-state index contributed by atoms with van der Waals surface area (Å²) in [5.41, 5.74) is 2.06. The molecule has 0 spiro atoms. The van der Waals surface area contributed by atoms with Gasteiger partial charge in [-0.1, -0.05) is 78.9 Å². The smallest absolute Gasteiger partial charge is 0.308 e. The molecule has 0 bridgehead atoms. The minimum Gasteiger partial charge on any atom is -0.308 e. The quantitative estimate of drug-likeness (QED) is 0.227. The molecule has 160 valence electrons. The van der Waals surface area contributed by atoms with Crippen LogP contribution in [0.5, 0.6) is 0 Å². The van der Waals surface area contributed by atoms with E-state index in [9.17, 15) is 4.57 Å². The van der Waals surface area contributed by atoms with Crippen molar-refractivity contribution in [1.29, 1.82) is 0 Å². The third-order valence-corrected chi connectivity index (χ3v) is 7.67. The fraction of sp³-hybridized carbons (Fsp3) is 0.231. The molecule has 0 aromatic heterocycles. The summed E-state index contributed by atoms with van der Waals surface area (Å²) in [6.07, 6.45) is 0. The van der Waals surface area contributed by atoms with Crippen molar-refractivity contribution in [3.05, 3.63) is 96.1 Å². The van der Waals surface area contributed by atoms with Gasteiger partial charge in [0.2, 0.25) is 0 Å². The van der Waals surface area contributed by atoms with Gasteiger partial charge in [-0.15, -0.1) is 0 Å². The molecule has 4 aromatic rings. The number of nitrogens with one attached hydrogen (secondary N) is 1. The molecule has 0 aliphatic carbocycles. The van der Waals surface area contributed by atoms with E-state index in [1.807, 2.05) is 56.3 Å². The van der Waals surface area contributed by atoms with Crippen molar-refractivity contribution in [3.8, 4) is 0 Å². The van der Waals surface area contributed by atoms with Crippen molar-refractivity contribution >= 4 is 29.1 Å². The predicted octanol–water partition coefficient (Wildman–Crippen LogP) is 7.05. The molecule has 31 heavy (non-hydrogen) atoms. The van der Waals surface area contributed by atoms with E-state index in [-0.39, 0.29) is 0 Å². The first-order valence-corrected chi connectivity index (χ1v) is 12.3. The predicted molar refractivity (Wildman–Crippen MR) is 128 cm³/mol. The number of rotatable bonds is 9. The summed E-state index contributed by atoms with van der Waals surface area (Å²) in [5, 5.41) is 7.83. The zero-order valence-corrected chi connectivity index (χ0v) is 18.8. The summed E-state index contributed by atoms with van der Waals surface area (Å²) in [6, 6.07) is 28.7. The Hall–Kier alpha value is -2.49. The van der Waals surface area contributed by atoms with E-state index in [1.165, 1.54) is 0 Å². The molecule has 5 heteroatoms. The highest BCUT2D eigenvalue weighted by Gasteiger charge is 2.38. The van der Waals surface area contributed by atoms with E-state index in [1.54, 1.807) is 0 Å². The first kappa shape index (κ1) is 21.7. The van der Waals surface area contributed by atoms with Gasteiger partial charge in [0.05, 0.1) is 13.2 Å². The van der Waals surface area contributed by atoms with Crippen molar-refractivity contribution in [1.82, 2.24) is 5.32 Å². The minimum absolute atomic E-state index is 0.309. The molecule has 0 saturated carbocycles. The Morgan fingerprint density at radius 1 is 0.774 bits per heavy atom. The number of fused-ring (bicyclic) bond motifs is 2. The van der Waals surface area contributed by atoms with Gasteiger partial charge in [-0.25, -0.2) is 0 Å². The second-order valence-electron chi connectivity index (χ2n) is 7.38. The summed E-state index contributed by atoms with van der Waals surface area (Å²) in [6.45, 7) is 4.86. The fourth-order valence-electron chi connectivity index (χ4n) is 4.07. The maximum Gasteiger partial charge on any atom is 0.351 e. The van der Waals surface area contributed by atoms with E-state index in [0.29, 0.717) is 19.8 Å². The van der Waals surface area contributed by atoms with Crippen LogP contribution in [0.3, 0.4) is 0 Å². The summed E-state index contributed by atoms with van der Waals surface area (Å²) < 4.78 is 25.8. The van der Waals surface area contributed by atoms with Gasteiger partial charge in [0.15, 0.2) is 0 Å². The largest absolute Gasteiger partial charge is 0.351 e. The number of benzene rings is 4. The van der Waals surface area contributed by atoms with Gasteiger partial charge in [-0.05, 0) is 52.6 Å². The Balaban J connectivity index is 1.93. The van der Waals surface area contributed by atoms with Crippen LogP contribution in [0.4, 0.5) is 0 Å². The van der Waals surface area contributed by atoms with E-state index in [4.69, 9.17) is 9.05 Å². The van der Waals surface area contributed by atoms with Crippen LogP contribution in [-0.4, -0.2) is 13.2 Å². The molecule has 4 nitrogen and oxygen atoms in total. The molecule has 1 atom stereocenters. The van der Waals surface area contributed by atoms with Crippen LogP contribution < -0.4 is 5.32 Å². The van der Waals surface area contributed by atoms with Gasteiger partial charge < -0.3 is 9.05 Å². The highest BCUT2D eigenvalue weighted by Crippen LogP contribution is 2.61. The van der Waals surface area contributed by atoms with Crippen LogP contribution in [0.2, 0.25) is 0 Å². The Morgan fingerprint density at radius 3 is 1.84 bits per heavy atom. The topological polar surface area (TPSA) is 47.6 Å². The maximum absolute atomic E-state index is 14.1. The summed E-state index contributed by atoms with van der Waals surface area (Å²) in [4.78, 5) is 0. The molecule has 0 radical (unpaired) electrons. The van der Waals surface area contributed by atoms with Crippen LogP contribution in [-0.2, 0) is 20.2 Å². The molecule has 0 saturated heterocycles. The van der Waals surface area contributed by atoms with Crippen LogP contribution in [0, 0.1) is 0 Å². The molecule has 0 aliphatic heterocycles. The van der Waals surface area contributed by atoms with Crippen LogP contribution in [0.25, 0.3) is 21.5 Å². The molecule has 0 fully saturated rings. The summed E-state index contributed by atoms with van der Waals surface area (Å²) in [5.74, 6) is -0.608. The van der Waals surface area contributed by atoms with Crippen molar-refractivity contribution < 1.29 is 13.6 Å². The summed E-state index contributed by atoms with van der Waals surface area (Å²) in [7, 11) is -3.51. The fourth-order valence-corrected chi connectivity index (χ4v) is 6.07. The van der Waals surface area contributed by atoms with Crippen molar-refractivity contribution in [2.24, 2.45) is 0 Å². The van der Waals surface area contributed by atoms with Crippen molar-refractivity contribution in [3.63, 3.8) is 0 Å². The molecule has 1 N–H and O–H groups in total. The lowest BCUT2D eigenvalue weighted by atomic mass is 9.96. The normalized spacial score (nSPS) is 13.0. The highest BCUT2D eigenvalue weighted by atomic mass is 31.2. The molecular formula is C26H28NO3P. The van der Waals surface area contributed by atoms with Crippen LogP contribution in [0.15, 0.2) is 84.9 Å². The lowest BCUT2D eigenvalue weighted by Crippen LogP contribution is -2.24. The standard InChI is InChI=1S/C26H28NO3P/c1-3-29-31(28,30-4-2)26(27-19-20-12-6-5-7-13-20)25-23-16-10-8-14-21(23)18-22-15-9-11-17-24(22)25/h5-18,26-27H,3-4,19H2,1-2H3. The first-order valence-electron chi connectivity index (χ1n) is 10.7. The summed E-state index contributed by atoms with van der Waals surface area (Å²) >= 11 is 0. The second-order valence-corrected chi connectivity index (χ2v) is 9.49. The molecule has 4 aromatic carbocycles. The van der Waals surface area contributed by atoms with E-state index >= 15 is 0 Å². The lowest BCUT2D eigenvalue weighted by Gasteiger charge is -2.29. The lowest BCUT2D eigenvalue weighted by molar-refractivity contribution is 0.207. The van der Waals surface area contributed by atoms with Crippen LogP contribution >= 0.6 is 7.60 Å². The van der Waals surface area contributed by atoms with Gasteiger partial charge in [0.1, 0.15) is 5.78 Å².